The van der Waals surface area contributed by atoms with Gasteiger partial charge in [0.15, 0.2) is 0 Å². The Morgan fingerprint density at radius 1 is 1.17 bits per heavy atom. The molecule has 0 bridgehead atoms. The van der Waals surface area contributed by atoms with Crippen LogP contribution in [0.3, 0.4) is 0 Å². The smallest absolute Gasteiger partial charge is 0.308 e. The molecule has 1 unspecified atom stereocenters. The van der Waals surface area contributed by atoms with E-state index < -0.39 is 11.9 Å². The van der Waals surface area contributed by atoms with Crippen molar-refractivity contribution in [2.24, 2.45) is 5.92 Å². The number of carbonyl (C=O) groups excluding carboxylic acids is 1. The van der Waals surface area contributed by atoms with Gasteiger partial charge in [-0.1, -0.05) is 36.4 Å². The van der Waals surface area contributed by atoms with Gasteiger partial charge in [0.1, 0.15) is 0 Å². The zero-order valence-corrected chi connectivity index (χ0v) is 14.6. The fourth-order valence-electron chi connectivity index (χ4n) is 2.43. The quantitative estimate of drug-likeness (QED) is 0.756. The molecule has 5 heteroatoms. The van der Waals surface area contributed by atoms with Crippen LogP contribution in [0, 0.1) is 12.8 Å². The summed E-state index contributed by atoms with van der Waals surface area (Å²) in [5.41, 5.74) is 2.41. The van der Waals surface area contributed by atoms with E-state index in [-0.39, 0.29) is 12.5 Å². The first-order valence-corrected chi connectivity index (χ1v) is 8.93. The van der Waals surface area contributed by atoms with Gasteiger partial charge in [-0.25, -0.2) is 0 Å². The first-order chi connectivity index (χ1) is 11.5. The molecule has 2 aromatic rings. The lowest BCUT2D eigenvalue weighted by atomic mass is 9.99. The topological polar surface area (TPSA) is 66.4 Å². The number of aliphatic carboxylic acids is 1. The highest BCUT2D eigenvalue weighted by Gasteiger charge is 2.20. The Morgan fingerprint density at radius 3 is 2.50 bits per heavy atom. The number of rotatable bonds is 7. The number of benzene rings is 2. The molecule has 0 aliphatic heterocycles. The normalized spacial score (nSPS) is 11.8. The second-order valence-corrected chi connectivity index (χ2v) is 6.50. The zero-order chi connectivity index (χ0) is 17.5. The number of carboxylic acid groups (broad SMARTS) is 1. The SMILES string of the molecule is CSc1ccc(C)c(C(=O)NCC(Cc2ccccc2)C(=O)O)c1. The fraction of sp³-hybridized carbons (Fsp3) is 0.263. The second-order valence-electron chi connectivity index (χ2n) is 5.62. The van der Waals surface area contributed by atoms with E-state index in [1.807, 2.05) is 61.7 Å². The van der Waals surface area contributed by atoms with Gasteiger partial charge in [-0.05, 0) is 42.9 Å². The first kappa shape index (κ1) is 18.1. The predicted octanol–water partition coefficient (Wildman–Crippen LogP) is 3.39. The third-order valence-corrected chi connectivity index (χ3v) is 4.60. The summed E-state index contributed by atoms with van der Waals surface area (Å²) >= 11 is 1.57. The minimum absolute atomic E-state index is 0.103. The highest BCUT2D eigenvalue weighted by molar-refractivity contribution is 7.98. The fourth-order valence-corrected chi connectivity index (χ4v) is 2.87. The predicted molar refractivity (Wildman–Crippen MR) is 96.6 cm³/mol. The molecule has 2 N–H and O–H groups in total. The standard InChI is InChI=1S/C19H21NO3S/c1-13-8-9-16(24-2)11-17(13)18(21)20-12-15(19(22)23)10-14-6-4-3-5-7-14/h3-9,11,15H,10,12H2,1-2H3,(H,20,21)(H,22,23). The summed E-state index contributed by atoms with van der Waals surface area (Å²) in [4.78, 5) is 24.9. The minimum Gasteiger partial charge on any atom is -0.481 e. The average Bonchev–Trinajstić information content (AvgIpc) is 2.59. The van der Waals surface area contributed by atoms with Crippen molar-refractivity contribution in [1.29, 1.82) is 0 Å². The monoisotopic (exact) mass is 343 g/mol. The van der Waals surface area contributed by atoms with E-state index in [4.69, 9.17) is 0 Å². The van der Waals surface area contributed by atoms with Crippen molar-refractivity contribution in [3.8, 4) is 0 Å². The summed E-state index contributed by atoms with van der Waals surface area (Å²) in [6.45, 7) is 1.98. The number of nitrogens with one attached hydrogen (secondary N) is 1. The average molecular weight is 343 g/mol. The van der Waals surface area contributed by atoms with Crippen LogP contribution in [0.1, 0.15) is 21.5 Å². The van der Waals surface area contributed by atoms with Crippen molar-refractivity contribution in [3.05, 3.63) is 65.2 Å². The van der Waals surface area contributed by atoms with Crippen molar-refractivity contribution in [3.63, 3.8) is 0 Å². The molecular formula is C19H21NO3S. The zero-order valence-electron chi connectivity index (χ0n) is 13.8. The molecule has 0 heterocycles. The van der Waals surface area contributed by atoms with Gasteiger partial charge < -0.3 is 10.4 Å². The number of hydrogen-bond donors (Lipinski definition) is 2. The van der Waals surface area contributed by atoms with E-state index in [0.29, 0.717) is 12.0 Å². The van der Waals surface area contributed by atoms with Gasteiger partial charge in [-0.3, -0.25) is 9.59 Å². The van der Waals surface area contributed by atoms with Crippen molar-refractivity contribution in [1.82, 2.24) is 5.32 Å². The lowest BCUT2D eigenvalue weighted by Crippen LogP contribution is -2.34. The molecule has 2 aromatic carbocycles. The number of thioether (sulfide) groups is 1. The number of amides is 1. The molecule has 0 aliphatic rings. The molecule has 0 saturated carbocycles. The molecule has 0 fully saturated rings. The van der Waals surface area contributed by atoms with Gasteiger partial charge in [-0.2, -0.15) is 0 Å². The number of carboxylic acids is 1. The van der Waals surface area contributed by atoms with Crippen LogP contribution in [0.25, 0.3) is 0 Å². The van der Waals surface area contributed by atoms with Gasteiger partial charge in [0, 0.05) is 17.0 Å². The maximum absolute atomic E-state index is 12.4. The van der Waals surface area contributed by atoms with Crippen LogP contribution in [0.5, 0.6) is 0 Å². The van der Waals surface area contributed by atoms with E-state index >= 15 is 0 Å². The Morgan fingerprint density at radius 2 is 1.88 bits per heavy atom. The van der Waals surface area contributed by atoms with Crippen molar-refractivity contribution in [2.45, 2.75) is 18.2 Å². The van der Waals surface area contributed by atoms with E-state index in [1.54, 1.807) is 11.8 Å². The van der Waals surface area contributed by atoms with Crippen LogP contribution in [0.4, 0.5) is 0 Å². The molecule has 0 aromatic heterocycles. The highest BCUT2D eigenvalue weighted by Crippen LogP contribution is 2.19. The van der Waals surface area contributed by atoms with Crippen LogP contribution in [-0.2, 0) is 11.2 Å². The van der Waals surface area contributed by atoms with Crippen LogP contribution in [0.15, 0.2) is 53.4 Å². The van der Waals surface area contributed by atoms with Gasteiger partial charge in [0.25, 0.3) is 5.91 Å². The third kappa shape index (κ3) is 4.86. The van der Waals surface area contributed by atoms with Gasteiger partial charge >= 0.3 is 5.97 Å². The van der Waals surface area contributed by atoms with Gasteiger partial charge in [-0.15, -0.1) is 11.8 Å². The molecule has 4 nitrogen and oxygen atoms in total. The number of aryl methyl sites for hydroxylation is 1. The molecule has 0 aliphatic carbocycles. The summed E-state index contributed by atoms with van der Waals surface area (Å²) in [5, 5.41) is 12.2. The maximum atomic E-state index is 12.4. The Balaban J connectivity index is 2.04. The van der Waals surface area contributed by atoms with Crippen LogP contribution < -0.4 is 5.32 Å². The molecule has 24 heavy (non-hydrogen) atoms. The number of hydrogen-bond acceptors (Lipinski definition) is 3. The van der Waals surface area contributed by atoms with Crippen molar-refractivity contribution < 1.29 is 14.7 Å². The first-order valence-electron chi connectivity index (χ1n) is 7.71. The maximum Gasteiger partial charge on any atom is 0.308 e. The summed E-state index contributed by atoms with van der Waals surface area (Å²) in [6.07, 6.45) is 2.34. The molecule has 1 atom stereocenters. The van der Waals surface area contributed by atoms with E-state index in [1.165, 1.54) is 0 Å². The molecule has 0 saturated heterocycles. The molecule has 126 valence electrons. The largest absolute Gasteiger partial charge is 0.481 e. The van der Waals surface area contributed by atoms with E-state index in [2.05, 4.69) is 5.32 Å². The lowest BCUT2D eigenvalue weighted by molar-refractivity contribution is -0.141. The summed E-state index contributed by atoms with van der Waals surface area (Å²) in [7, 11) is 0. The minimum atomic E-state index is -0.909. The number of carbonyl (C=O) groups is 2. The van der Waals surface area contributed by atoms with Crippen LogP contribution in [0.2, 0.25) is 0 Å². The van der Waals surface area contributed by atoms with Gasteiger partial charge in [0.05, 0.1) is 5.92 Å². The lowest BCUT2D eigenvalue weighted by Gasteiger charge is -2.14. The molecule has 0 spiro atoms. The summed E-state index contributed by atoms with van der Waals surface area (Å²) in [5.74, 6) is -1.79. The molecule has 1 amide bonds. The second kappa shape index (κ2) is 8.55. The molecule has 2 rings (SSSR count). The van der Waals surface area contributed by atoms with Gasteiger partial charge in [0.2, 0.25) is 0 Å². The van der Waals surface area contributed by atoms with Crippen molar-refractivity contribution >= 4 is 23.6 Å². The van der Waals surface area contributed by atoms with E-state index in [0.717, 1.165) is 16.0 Å². The molecular weight excluding hydrogens is 322 g/mol. The summed E-state index contributed by atoms with van der Waals surface area (Å²) in [6, 6.07) is 15.1. The Kier molecular flexibility index (Phi) is 6.44. The van der Waals surface area contributed by atoms with Crippen LogP contribution in [-0.4, -0.2) is 29.8 Å². The molecule has 0 radical (unpaired) electrons. The van der Waals surface area contributed by atoms with E-state index in [9.17, 15) is 14.7 Å². The van der Waals surface area contributed by atoms with Crippen LogP contribution >= 0.6 is 11.8 Å². The van der Waals surface area contributed by atoms with Crippen molar-refractivity contribution in [2.75, 3.05) is 12.8 Å². The summed E-state index contributed by atoms with van der Waals surface area (Å²) < 4.78 is 0. The Bertz CT molecular complexity index is 716. The Labute approximate surface area is 146 Å². The highest BCUT2D eigenvalue weighted by atomic mass is 32.2. The Hall–Kier alpha value is -2.27. The third-order valence-electron chi connectivity index (χ3n) is 3.87.